The quantitative estimate of drug-likeness (QED) is 0.451. The zero-order valence-electron chi connectivity index (χ0n) is 5.96. The van der Waals surface area contributed by atoms with E-state index < -0.39 is 0 Å². The summed E-state index contributed by atoms with van der Waals surface area (Å²) in [4.78, 5) is 22.9. The van der Waals surface area contributed by atoms with Gasteiger partial charge in [-0.15, -0.1) is 0 Å². The smallest absolute Gasteiger partial charge is 0.229 e. The maximum atomic E-state index is 10.9. The van der Waals surface area contributed by atoms with Crippen LogP contribution in [-0.2, 0) is 9.59 Å². The van der Waals surface area contributed by atoms with Gasteiger partial charge in [0.25, 0.3) is 0 Å². The SMILES string of the molecule is [CH2]C1CC(=O)N(C)C(=O)C1. The number of likely N-dealkylation sites (tertiary alicyclic amines) is 1. The molecule has 2 amide bonds. The van der Waals surface area contributed by atoms with Gasteiger partial charge in [-0.25, -0.2) is 0 Å². The van der Waals surface area contributed by atoms with Gasteiger partial charge in [-0.05, 0) is 12.8 Å². The molecule has 1 rings (SSSR count). The molecule has 1 saturated heterocycles. The zero-order chi connectivity index (χ0) is 7.72. The van der Waals surface area contributed by atoms with Crippen LogP contribution < -0.4 is 0 Å². The fraction of sp³-hybridized carbons (Fsp3) is 0.571. The topological polar surface area (TPSA) is 37.4 Å². The second-order valence-electron chi connectivity index (χ2n) is 2.62. The van der Waals surface area contributed by atoms with Gasteiger partial charge in [0, 0.05) is 19.9 Å². The van der Waals surface area contributed by atoms with E-state index in [2.05, 4.69) is 6.92 Å². The fourth-order valence-corrected chi connectivity index (χ4v) is 0.979. The van der Waals surface area contributed by atoms with Gasteiger partial charge < -0.3 is 0 Å². The van der Waals surface area contributed by atoms with E-state index in [4.69, 9.17) is 0 Å². The van der Waals surface area contributed by atoms with E-state index in [-0.39, 0.29) is 17.7 Å². The largest absolute Gasteiger partial charge is 0.286 e. The second-order valence-corrected chi connectivity index (χ2v) is 2.62. The summed E-state index contributed by atoms with van der Waals surface area (Å²) in [6, 6.07) is 0. The highest BCUT2D eigenvalue weighted by atomic mass is 16.2. The standard InChI is InChI=1S/C7H10NO2/c1-5-3-6(9)8(2)7(10)4-5/h5H,1,3-4H2,2H3. The Morgan fingerprint density at radius 2 is 1.80 bits per heavy atom. The third kappa shape index (κ3) is 1.17. The van der Waals surface area contributed by atoms with Gasteiger partial charge in [-0.2, -0.15) is 0 Å². The highest BCUT2D eigenvalue weighted by molar-refractivity contribution is 5.97. The molecular formula is C7H10NO2. The summed E-state index contributed by atoms with van der Waals surface area (Å²) < 4.78 is 0. The molecule has 0 aromatic carbocycles. The molecular weight excluding hydrogens is 130 g/mol. The van der Waals surface area contributed by atoms with E-state index in [9.17, 15) is 9.59 Å². The summed E-state index contributed by atoms with van der Waals surface area (Å²) >= 11 is 0. The first kappa shape index (κ1) is 7.25. The summed E-state index contributed by atoms with van der Waals surface area (Å²) in [5.41, 5.74) is 0. The number of nitrogens with zero attached hydrogens (tertiary/aromatic N) is 1. The lowest BCUT2D eigenvalue weighted by atomic mass is 9.98. The van der Waals surface area contributed by atoms with Crippen molar-refractivity contribution in [3.05, 3.63) is 6.92 Å². The monoisotopic (exact) mass is 140 g/mol. The molecule has 0 N–H and O–H groups in total. The Kier molecular flexibility index (Phi) is 1.74. The first-order valence-electron chi connectivity index (χ1n) is 3.23. The van der Waals surface area contributed by atoms with Crippen LogP contribution in [0.3, 0.4) is 0 Å². The molecule has 0 aromatic rings. The van der Waals surface area contributed by atoms with Gasteiger partial charge in [0.05, 0.1) is 0 Å². The van der Waals surface area contributed by atoms with Gasteiger partial charge in [-0.1, -0.05) is 0 Å². The summed E-state index contributed by atoms with van der Waals surface area (Å²) in [6.07, 6.45) is 0.810. The number of imide groups is 1. The number of rotatable bonds is 0. The third-order valence-electron chi connectivity index (χ3n) is 1.67. The van der Waals surface area contributed by atoms with Crippen LogP contribution in [0.25, 0.3) is 0 Å². The number of amides is 2. The van der Waals surface area contributed by atoms with Crippen molar-refractivity contribution in [2.24, 2.45) is 5.92 Å². The summed E-state index contributed by atoms with van der Waals surface area (Å²) in [5.74, 6) is -0.247. The molecule has 1 aliphatic rings. The number of hydrogen-bond acceptors (Lipinski definition) is 2. The Morgan fingerprint density at radius 1 is 1.40 bits per heavy atom. The molecule has 0 aliphatic carbocycles. The van der Waals surface area contributed by atoms with Gasteiger partial charge in [0.1, 0.15) is 0 Å². The molecule has 3 nitrogen and oxygen atoms in total. The molecule has 0 bridgehead atoms. The summed E-state index contributed by atoms with van der Waals surface area (Å²) in [6.45, 7) is 3.66. The third-order valence-corrected chi connectivity index (χ3v) is 1.67. The zero-order valence-corrected chi connectivity index (χ0v) is 5.96. The van der Waals surface area contributed by atoms with Crippen LogP contribution in [-0.4, -0.2) is 23.8 Å². The molecule has 1 radical (unpaired) electrons. The lowest BCUT2D eigenvalue weighted by Gasteiger charge is -2.24. The lowest BCUT2D eigenvalue weighted by Crippen LogP contribution is -2.39. The van der Waals surface area contributed by atoms with Gasteiger partial charge in [0.2, 0.25) is 11.8 Å². The first-order chi connectivity index (χ1) is 4.61. The van der Waals surface area contributed by atoms with Crippen molar-refractivity contribution in [3.63, 3.8) is 0 Å². The molecule has 0 unspecified atom stereocenters. The number of carbonyl (C=O) groups excluding carboxylic acids is 2. The molecule has 1 fully saturated rings. The molecule has 10 heavy (non-hydrogen) atoms. The molecule has 0 saturated carbocycles. The molecule has 55 valence electrons. The van der Waals surface area contributed by atoms with E-state index in [1.807, 2.05) is 0 Å². The average Bonchev–Trinajstić information content (AvgIpc) is 1.82. The van der Waals surface area contributed by atoms with E-state index in [0.717, 1.165) is 0 Å². The Labute approximate surface area is 60.0 Å². The first-order valence-corrected chi connectivity index (χ1v) is 3.23. The van der Waals surface area contributed by atoms with E-state index in [1.165, 1.54) is 11.9 Å². The molecule has 1 aliphatic heterocycles. The van der Waals surface area contributed by atoms with E-state index >= 15 is 0 Å². The molecule has 3 heteroatoms. The van der Waals surface area contributed by atoms with Crippen LogP contribution in [0.15, 0.2) is 0 Å². The van der Waals surface area contributed by atoms with Crippen molar-refractivity contribution in [2.45, 2.75) is 12.8 Å². The van der Waals surface area contributed by atoms with Crippen LogP contribution >= 0.6 is 0 Å². The maximum Gasteiger partial charge on any atom is 0.229 e. The normalized spacial score (nSPS) is 22.0. The Balaban J connectivity index is 2.66. The fourth-order valence-electron chi connectivity index (χ4n) is 0.979. The minimum Gasteiger partial charge on any atom is -0.286 e. The van der Waals surface area contributed by atoms with Crippen molar-refractivity contribution in [3.8, 4) is 0 Å². The Bertz CT molecular complexity index is 158. The lowest BCUT2D eigenvalue weighted by molar-refractivity contribution is -0.147. The van der Waals surface area contributed by atoms with E-state index in [0.29, 0.717) is 12.8 Å². The maximum absolute atomic E-state index is 10.9. The van der Waals surface area contributed by atoms with Gasteiger partial charge in [0.15, 0.2) is 0 Å². The molecule has 0 aromatic heterocycles. The highest BCUT2D eigenvalue weighted by Crippen LogP contribution is 2.16. The number of carbonyl (C=O) groups is 2. The van der Waals surface area contributed by atoms with Crippen molar-refractivity contribution in [2.75, 3.05) is 7.05 Å². The predicted molar refractivity (Wildman–Crippen MR) is 35.9 cm³/mol. The van der Waals surface area contributed by atoms with Crippen LogP contribution in [0.1, 0.15) is 12.8 Å². The second kappa shape index (κ2) is 2.40. The van der Waals surface area contributed by atoms with Crippen LogP contribution in [0.5, 0.6) is 0 Å². The van der Waals surface area contributed by atoms with Crippen molar-refractivity contribution in [1.82, 2.24) is 4.90 Å². The van der Waals surface area contributed by atoms with Crippen LogP contribution in [0, 0.1) is 12.8 Å². The Hall–Kier alpha value is -0.860. The van der Waals surface area contributed by atoms with Crippen LogP contribution in [0.2, 0.25) is 0 Å². The van der Waals surface area contributed by atoms with Gasteiger partial charge in [-0.3, -0.25) is 14.5 Å². The minimum absolute atomic E-state index is 0.0174. The van der Waals surface area contributed by atoms with Gasteiger partial charge >= 0.3 is 0 Å². The van der Waals surface area contributed by atoms with Crippen molar-refractivity contribution in [1.29, 1.82) is 0 Å². The average molecular weight is 140 g/mol. The Morgan fingerprint density at radius 3 is 2.20 bits per heavy atom. The summed E-state index contributed by atoms with van der Waals surface area (Å²) in [5, 5.41) is 0. The molecule has 1 heterocycles. The van der Waals surface area contributed by atoms with Crippen molar-refractivity contribution >= 4 is 11.8 Å². The summed E-state index contributed by atoms with van der Waals surface area (Å²) in [7, 11) is 1.51. The van der Waals surface area contributed by atoms with Crippen LogP contribution in [0.4, 0.5) is 0 Å². The molecule has 0 spiro atoms. The number of hydrogen-bond donors (Lipinski definition) is 0. The number of piperidine rings is 1. The predicted octanol–water partition coefficient (Wildman–Crippen LogP) is 0.215. The minimum atomic E-state index is -0.115. The molecule has 0 atom stereocenters. The highest BCUT2D eigenvalue weighted by Gasteiger charge is 2.26. The van der Waals surface area contributed by atoms with Crippen molar-refractivity contribution < 1.29 is 9.59 Å². The van der Waals surface area contributed by atoms with E-state index in [1.54, 1.807) is 0 Å².